The normalized spacial score (nSPS) is 10.2. The lowest BCUT2D eigenvalue weighted by Crippen LogP contribution is -1.98. The second-order valence-electron chi connectivity index (χ2n) is 3.43. The molecule has 0 aliphatic carbocycles. The highest BCUT2D eigenvalue weighted by Crippen LogP contribution is 2.11. The Hall–Kier alpha value is -1.74. The van der Waals surface area contributed by atoms with Gasteiger partial charge < -0.3 is 15.4 Å². The lowest BCUT2D eigenvalue weighted by atomic mass is 10.2. The molecule has 0 radical (unpaired) electrons. The van der Waals surface area contributed by atoms with Crippen LogP contribution in [0.15, 0.2) is 42.7 Å². The summed E-state index contributed by atoms with van der Waals surface area (Å²) >= 11 is 0. The van der Waals surface area contributed by atoms with Crippen molar-refractivity contribution in [3.05, 3.63) is 53.9 Å². The molecule has 78 valence electrons. The van der Waals surface area contributed by atoms with Crippen molar-refractivity contribution in [3.8, 4) is 0 Å². The molecule has 2 rings (SSSR count). The number of benzene rings is 1. The number of rotatable bonds is 4. The molecule has 0 unspecified atom stereocenters. The summed E-state index contributed by atoms with van der Waals surface area (Å²) in [4.78, 5) is 3.01. The summed E-state index contributed by atoms with van der Waals surface area (Å²) in [5.41, 5.74) is 3.17. The molecule has 0 bridgehead atoms. The summed E-state index contributed by atoms with van der Waals surface area (Å²) in [6.45, 7) is 0.873. The largest absolute Gasteiger partial charge is 0.392 e. The van der Waals surface area contributed by atoms with E-state index in [2.05, 4.69) is 10.3 Å². The minimum atomic E-state index is 0.0830. The van der Waals surface area contributed by atoms with Crippen LogP contribution in [0.25, 0.3) is 0 Å². The molecular weight excluding hydrogens is 188 g/mol. The zero-order valence-electron chi connectivity index (χ0n) is 8.40. The van der Waals surface area contributed by atoms with E-state index >= 15 is 0 Å². The molecule has 3 heteroatoms. The average molecular weight is 202 g/mol. The van der Waals surface area contributed by atoms with E-state index in [4.69, 9.17) is 5.11 Å². The van der Waals surface area contributed by atoms with Gasteiger partial charge in [-0.25, -0.2) is 0 Å². The van der Waals surface area contributed by atoms with Gasteiger partial charge in [-0.2, -0.15) is 0 Å². The van der Waals surface area contributed by atoms with Crippen molar-refractivity contribution in [3.63, 3.8) is 0 Å². The number of hydrogen-bond acceptors (Lipinski definition) is 2. The zero-order valence-corrected chi connectivity index (χ0v) is 8.40. The predicted octanol–water partition coefficient (Wildman–Crippen LogP) is 2.12. The Bertz CT molecular complexity index is 409. The van der Waals surface area contributed by atoms with Crippen LogP contribution in [-0.2, 0) is 13.2 Å². The SMILES string of the molecule is OCc1cccc(NCc2cc[nH]c2)c1. The van der Waals surface area contributed by atoms with Gasteiger partial charge in [0.25, 0.3) is 0 Å². The van der Waals surface area contributed by atoms with Crippen LogP contribution in [0.2, 0.25) is 0 Å². The van der Waals surface area contributed by atoms with Crippen molar-refractivity contribution >= 4 is 5.69 Å². The van der Waals surface area contributed by atoms with E-state index in [1.54, 1.807) is 0 Å². The topological polar surface area (TPSA) is 48.0 Å². The van der Waals surface area contributed by atoms with Gasteiger partial charge in [0.2, 0.25) is 0 Å². The predicted molar refractivity (Wildman–Crippen MR) is 60.5 cm³/mol. The van der Waals surface area contributed by atoms with Gasteiger partial charge in [-0.3, -0.25) is 0 Å². The Morgan fingerprint density at radius 3 is 2.87 bits per heavy atom. The van der Waals surface area contributed by atoms with Crippen LogP contribution in [0.1, 0.15) is 11.1 Å². The monoisotopic (exact) mass is 202 g/mol. The van der Waals surface area contributed by atoms with E-state index in [0.717, 1.165) is 17.8 Å². The number of aromatic nitrogens is 1. The van der Waals surface area contributed by atoms with Gasteiger partial charge in [-0.05, 0) is 29.3 Å². The molecule has 0 amide bonds. The van der Waals surface area contributed by atoms with Crippen molar-refractivity contribution in [1.82, 2.24) is 4.98 Å². The molecular formula is C12H14N2O. The molecule has 1 heterocycles. The Labute approximate surface area is 88.8 Å². The fourth-order valence-corrected chi connectivity index (χ4v) is 1.45. The van der Waals surface area contributed by atoms with Crippen molar-refractivity contribution in [2.75, 3.05) is 5.32 Å². The van der Waals surface area contributed by atoms with Crippen molar-refractivity contribution in [1.29, 1.82) is 0 Å². The first-order valence-corrected chi connectivity index (χ1v) is 4.94. The van der Waals surface area contributed by atoms with Gasteiger partial charge >= 0.3 is 0 Å². The van der Waals surface area contributed by atoms with Gasteiger partial charge in [0, 0.05) is 24.6 Å². The maximum Gasteiger partial charge on any atom is 0.0682 e. The first-order valence-electron chi connectivity index (χ1n) is 4.94. The number of aliphatic hydroxyl groups is 1. The molecule has 0 atom stereocenters. The molecule has 3 N–H and O–H groups in total. The van der Waals surface area contributed by atoms with E-state index in [1.807, 2.05) is 42.7 Å². The van der Waals surface area contributed by atoms with E-state index in [9.17, 15) is 0 Å². The molecule has 0 saturated heterocycles. The second-order valence-corrected chi connectivity index (χ2v) is 3.43. The smallest absolute Gasteiger partial charge is 0.0682 e. The maximum atomic E-state index is 8.98. The Balaban J connectivity index is 1.98. The zero-order chi connectivity index (χ0) is 10.5. The Kier molecular flexibility index (Phi) is 3.05. The van der Waals surface area contributed by atoms with Crippen LogP contribution in [0, 0.1) is 0 Å². The van der Waals surface area contributed by atoms with E-state index in [1.165, 1.54) is 5.56 Å². The minimum absolute atomic E-state index is 0.0830. The molecule has 1 aromatic heterocycles. The summed E-state index contributed by atoms with van der Waals surface area (Å²) in [6.07, 6.45) is 3.87. The first-order chi connectivity index (χ1) is 7.38. The number of anilines is 1. The quantitative estimate of drug-likeness (QED) is 0.711. The van der Waals surface area contributed by atoms with Crippen LogP contribution < -0.4 is 5.32 Å². The summed E-state index contributed by atoms with van der Waals surface area (Å²) in [5.74, 6) is 0. The molecule has 0 aliphatic rings. The lowest BCUT2D eigenvalue weighted by Gasteiger charge is -2.06. The van der Waals surface area contributed by atoms with Gasteiger partial charge in [0.05, 0.1) is 6.61 Å². The molecule has 3 nitrogen and oxygen atoms in total. The van der Waals surface area contributed by atoms with Gasteiger partial charge in [-0.15, -0.1) is 0 Å². The molecule has 0 fully saturated rings. The Morgan fingerprint density at radius 2 is 2.13 bits per heavy atom. The van der Waals surface area contributed by atoms with Crippen LogP contribution in [0.4, 0.5) is 5.69 Å². The summed E-state index contributed by atoms with van der Waals surface area (Å²) in [5, 5.41) is 12.3. The number of nitrogens with one attached hydrogen (secondary N) is 2. The minimum Gasteiger partial charge on any atom is -0.392 e. The fraction of sp³-hybridized carbons (Fsp3) is 0.167. The van der Waals surface area contributed by atoms with Gasteiger partial charge in [-0.1, -0.05) is 12.1 Å². The Morgan fingerprint density at radius 1 is 1.20 bits per heavy atom. The molecule has 0 saturated carbocycles. The van der Waals surface area contributed by atoms with E-state index < -0.39 is 0 Å². The molecule has 15 heavy (non-hydrogen) atoms. The van der Waals surface area contributed by atoms with Gasteiger partial charge in [0.15, 0.2) is 0 Å². The third-order valence-corrected chi connectivity index (χ3v) is 2.27. The highest BCUT2D eigenvalue weighted by atomic mass is 16.3. The molecule has 0 spiro atoms. The molecule has 1 aromatic carbocycles. The second kappa shape index (κ2) is 4.66. The van der Waals surface area contributed by atoms with E-state index in [0.29, 0.717) is 0 Å². The summed E-state index contributed by atoms with van der Waals surface area (Å²) in [6, 6.07) is 9.81. The summed E-state index contributed by atoms with van der Waals surface area (Å²) in [7, 11) is 0. The molecule has 2 aromatic rings. The third kappa shape index (κ3) is 2.60. The highest BCUT2D eigenvalue weighted by Gasteiger charge is 1.95. The average Bonchev–Trinajstić information content (AvgIpc) is 2.79. The van der Waals surface area contributed by atoms with Gasteiger partial charge in [0.1, 0.15) is 0 Å². The number of H-pyrrole nitrogens is 1. The van der Waals surface area contributed by atoms with Crippen LogP contribution in [0.5, 0.6) is 0 Å². The fourth-order valence-electron chi connectivity index (χ4n) is 1.45. The third-order valence-electron chi connectivity index (χ3n) is 2.27. The summed E-state index contributed by atoms with van der Waals surface area (Å²) < 4.78 is 0. The number of hydrogen-bond donors (Lipinski definition) is 3. The van der Waals surface area contributed by atoms with E-state index in [-0.39, 0.29) is 6.61 Å². The maximum absolute atomic E-state index is 8.98. The lowest BCUT2D eigenvalue weighted by molar-refractivity contribution is 0.282. The van der Waals surface area contributed by atoms with Crippen LogP contribution in [-0.4, -0.2) is 10.1 Å². The van der Waals surface area contributed by atoms with Crippen LogP contribution >= 0.6 is 0 Å². The number of aliphatic hydroxyl groups excluding tert-OH is 1. The van der Waals surface area contributed by atoms with Crippen molar-refractivity contribution in [2.24, 2.45) is 0 Å². The highest BCUT2D eigenvalue weighted by molar-refractivity contribution is 5.45. The standard InChI is InChI=1S/C12H14N2O/c15-9-10-2-1-3-12(6-10)14-8-11-4-5-13-7-11/h1-7,13-15H,8-9H2. The van der Waals surface area contributed by atoms with Crippen molar-refractivity contribution in [2.45, 2.75) is 13.2 Å². The number of aromatic amines is 1. The molecule has 0 aliphatic heterocycles. The first kappa shape index (κ1) is 9.80. The van der Waals surface area contributed by atoms with Crippen molar-refractivity contribution < 1.29 is 5.11 Å². The van der Waals surface area contributed by atoms with Crippen LogP contribution in [0.3, 0.4) is 0 Å².